The standard InChI is InChI=1S/C12H27NO/c1-7-12(5,10-14)9-13(6)8-11(2,3)4/h14H,7-10H2,1-6H3. The largest absolute Gasteiger partial charge is 0.396 e. The Morgan fingerprint density at radius 1 is 1.07 bits per heavy atom. The van der Waals surface area contributed by atoms with Crippen LogP contribution in [0.15, 0.2) is 0 Å². The molecule has 14 heavy (non-hydrogen) atoms. The van der Waals surface area contributed by atoms with Crippen molar-refractivity contribution in [3.05, 3.63) is 0 Å². The molecule has 0 heterocycles. The van der Waals surface area contributed by atoms with Gasteiger partial charge in [0.1, 0.15) is 0 Å². The van der Waals surface area contributed by atoms with Gasteiger partial charge in [0.15, 0.2) is 0 Å². The first kappa shape index (κ1) is 13.9. The van der Waals surface area contributed by atoms with Crippen molar-refractivity contribution in [3.63, 3.8) is 0 Å². The molecule has 0 spiro atoms. The number of hydrogen-bond donors (Lipinski definition) is 1. The highest BCUT2D eigenvalue weighted by Crippen LogP contribution is 2.23. The van der Waals surface area contributed by atoms with Crippen LogP contribution in [0.3, 0.4) is 0 Å². The maximum absolute atomic E-state index is 9.31. The summed E-state index contributed by atoms with van der Waals surface area (Å²) in [5.41, 5.74) is 0.388. The summed E-state index contributed by atoms with van der Waals surface area (Å²) in [7, 11) is 2.13. The molecular weight excluding hydrogens is 174 g/mol. The van der Waals surface area contributed by atoms with Gasteiger partial charge in [-0.3, -0.25) is 0 Å². The summed E-state index contributed by atoms with van der Waals surface area (Å²) in [5.74, 6) is 0. The third kappa shape index (κ3) is 5.61. The highest BCUT2D eigenvalue weighted by atomic mass is 16.3. The fraction of sp³-hybridized carbons (Fsp3) is 1.00. The van der Waals surface area contributed by atoms with E-state index in [-0.39, 0.29) is 12.0 Å². The normalized spacial score (nSPS) is 17.1. The molecule has 2 heteroatoms. The lowest BCUT2D eigenvalue weighted by atomic mass is 9.87. The van der Waals surface area contributed by atoms with Crippen molar-refractivity contribution < 1.29 is 5.11 Å². The highest BCUT2D eigenvalue weighted by Gasteiger charge is 2.24. The van der Waals surface area contributed by atoms with Gasteiger partial charge in [-0.15, -0.1) is 0 Å². The van der Waals surface area contributed by atoms with E-state index in [0.29, 0.717) is 5.41 Å². The lowest BCUT2D eigenvalue weighted by Gasteiger charge is -2.34. The average Bonchev–Trinajstić information content (AvgIpc) is 2.00. The van der Waals surface area contributed by atoms with Gasteiger partial charge in [0.05, 0.1) is 0 Å². The zero-order valence-electron chi connectivity index (χ0n) is 10.7. The molecular formula is C12H27NO. The van der Waals surface area contributed by atoms with Crippen molar-refractivity contribution in [3.8, 4) is 0 Å². The molecule has 0 radical (unpaired) electrons. The van der Waals surface area contributed by atoms with Gasteiger partial charge >= 0.3 is 0 Å². The highest BCUT2D eigenvalue weighted by molar-refractivity contribution is 4.77. The molecule has 0 aromatic rings. The minimum absolute atomic E-state index is 0.0556. The summed E-state index contributed by atoms with van der Waals surface area (Å²) in [6.07, 6.45) is 1.03. The van der Waals surface area contributed by atoms with Crippen LogP contribution in [0.4, 0.5) is 0 Å². The molecule has 0 saturated carbocycles. The van der Waals surface area contributed by atoms with Crippen molar-refractivity contribution in [2.75, 3.05) is 26.7 Å². The Bertz CT molecular complexity index is 156. The first-order valence-electron chi connectivity index (χ1n) is 5.52. The Balaban J connectivity index is 4.10. The van der Waals surface area contributed by atoms with Crippen molar-refractivity contribution in [1.29, 1.82) is 0 Å². The van der Waals surface area contributed by atoms with E-state index < -0.39 is 0 Å². The molecule has 0 aliphatic heterocycles. The van der Waals surface area contributed by atoms with E-state index in [9.17, 15) is 5.11 Å². The Labute approximate surface area is 89.3 Å². The number of rotatable bonds is 5. The third-order valence-electron chi connectivity index (χ3n) is 2.63. The van der Waals surface area contributed by atoms with Crippen LogP contribution in [-0.2, 0) is 0 Å². The van der Waals surface area contributed by atoms with Crippen LogP contribution in [0.1, 0.15) is 41.0 Å². The minimum Gasteiger partial charge on any atom is -0.396 e. The third-order valence-corrected chi connectivity index (χ3v) is 2.63. The average molecular weight is 201 g/mol. The fourth-order valence-corrected chi connectivity index (χ4v) is 1.79. The van der Waals surface area contributed by atoms with Gasteiger partial charge in [-0.05, 0) is 18.9 Å². The van der Waals surface area contributed by atoms with E-state index in [1.54, 1.807) is 0 Å². The summed E-state index contributed by atoms with van der Waals surface area (Å²) in [6.45, 7) is 13.3. The maximum atomic E-state index is 9.31. The van der Waals surface area contributed by atoms with Crippen molar-refractivity contribution in [2.24, 2.45) is 10.8 Å². The first-order valence-corrected chi connectivity index (χ1v) is 5.52. The van der Waals surface area contributed by atoms with Gasteiger partial charge in [-0.2, -0.15) is 0 Å². The lowest BCUT2D eigenvalue weighted by molar-refractivity contribution is 0.0817. The molecule has 2 nitrogen and oxygen atoms in total. The van der Waals surface area contributed by atoms with Gasteiger partial charge < -0.3 is 10.0 Å². The van der Waals surface area contributed by atoms with Gasteiger partial charge in [0.2, 0.25) is 0 Å². The fourth-order valence-electron chi connectivity index (χ4n) is 1.79. The molecule has 1 atom stereocenters. The van der Waals surface area contributed by atoms with Crippen LogP contribution in [-0.4, -0.2) is 36.8 Å². The van der Waals surface area contributed by atoms with Crippen LogP contribution in [0, 0.1) is 10.8 Å². The second-order valence-electron chi connectivity index (χ2n) is 6.06. The van der Waals surface area contributed by atoms with Gasteiger partial charge in [-0.25, -0.2) is 0 Å². The van der Waals surface area contributed by atoms with Crippen molar-refractivity contribution in [2.45, 2.75) is 41.0 Å². The monoisotopic (exact) mass is 201 g/mol. The molecule has 0 saturated heterocycles. The molecule has 0 bridgehead atoms. The summed E-state index contributed by atoms with van der Waals surface area (Å²) < 4.78 is 0. The second kappa shape index (κ2) is 5.13. The van der Waals surface area contributed by atoms with Crippen LogP contribution in [0.5, 0.6) is 0 Å². The molecule has 0 rings (SSSR count). The molecule has 0 aromatic heterocycles. The molecule has 86 valence electrons. The van der Waals surface area contributed by atoms with Gasteiger partial charge in [0, 0.05) is 25.1 Å². The van der Waals surface area contributed by atoms with E-state index in [1.165, 1.54) is 0 Å². The van der Waals surface area contributed by atoms with E-state index in [0.717, 1.165) is 19.5 Å². The smallest absolute Gasteiger partial charge is 0.0496 e. The maximum Gasteiger partial charge on any atom is 0.0496 e. The van der Waals surface area contributed by atoms with Gasteiger partial charge in [0.25, 0.3) is 0 Å². The first-order chi connectivity index (χ1) is 6.22. The lowest BCUT2D eigenvalue weighted by Crippen LogP contribution is -2.39. The summed E-state index contributed by atoms with van der Waals surface area (Å²) in [5, 5.41) is 9.31. The van der Waals surface area contributed by atoms with Gasteiger partial charge in [-0.1, -0.05) is 34.6 Å². The summed E-state index contributed by atoms with van der Waals surface area (Å²) in [4.78, 5) is 2.32. The van der Waals surface area contributed by atoms with E-state index in [1.807, 2.05) is 0 Å². The predicted molar refractivity (Wildman–Crippen MR) is 62.4 cm³/mol. The van der Waals surface area contributed by atoms with Crippen LogP contribution >= 0.6 is 0 Å². The van der Waals surface area contributed by atoms with Crippen molar-refractivity contribution in [1.82, 2.24) is 4.90 Å². The zero-order chi connectivity index (χ0) is 11.4. The SMILES string of the molecule is CCC(C)(CO)CN(C)CC(C)(C)C. The Kier molecular flexibility index (Phi) is 5.10. The summed E-state index contributed by atoms with van der Waals surface area (Å²) in [6, 6.07) is 0. The quantitative estimate of drug-likeness (QED) is 0.738. The number of aliphatic hydroxyl groups is 1. The number of nitrogens with zero attached hydrogens (tertiary/aromatic N) is 1. The summed E-state index contributed by atoms with van der Waals surface area (Å²) >= 11 is 0. The topological polar surface area (TPSA) is 23.5 Å². The van der Waals surface area contributed by atoms with Crippen LogP contribution in [0.2, 0.25) is 0 Å². The van der Waals surface area contributed by atoms with Crippen LogP contribution < -0.4 is 0 Å². The number of hydrogen-bond acceptors (Lipinski definition) is 2. The van der Waals surface area contributed by atoms with Crippen molar-refractivity contribution >= 4 is 0 Å². The molecule has 0 amide bonds. The molecule has 1 N–H and O–H groups in total. The Hall–Kier alpha value is -0.0800. The number of aliphatic hydroxyl groups excluding tert-OH is 1. The molecule has 0 fully saturated rings. The van der Waals surface area contributed by atoms with E-state index in [2.05, 4.69) is 46.6 Å². The second-order valence-corrected chi connectivity index (χ2v) is 6.06. The zero-order valence-corrected chi connectivity index (χ0v) is 10.7. The van der Waals surface area contributed by atoms with Crippen LogP contribution in [0.25, 0.3) is 0 Å². The Morgan fingerprint density at radius 3 is 1.86 bits per heavy atom. The molecule has 0 aliphatic carbocycles. The molecule has 1 unspecified atom stereocenters. The predicted octanol–water partition coefficient (Wildman–Crippen LogP) is 2.37. The molecule has 0 aromatic carbocycles. The van der Waals surface area contributed by atoms with E-state index in [4.69, 9.17) is 0 Å². The van der Waals surface area contributed by atoms with E-state index >= 15 is 0 Å². The molecule has 0 aliphatic rings. The minimum atomic E-state index is 0.0556. The Morgan fingerprint density at radius 2 is 1.57 bits per heavy atom.